The second-order valence-electron chi connectivity index (χ2n) is 3.08. The molecule has 0 aliphatic heterocycles. The van der Waals surface area contributed by atoms with Gasteiger partial charge in [-0.25, -0.2) is 13.6 Å². The summed E-state index contributed by atoms with van der Waals surface area (Å²) < 4.78 is 21.8. The molecule has 0 heterocycles. The Balaban J connectivity index is 2.66. The Morgan fingerprint density at radius 1 is 1.54 bits per heavy atom. The van der Waals surface area contributed by atoms with Gasteiger partial charge in [0.2, 0.25) is 10.0 Å². The number of rotatable bonds is 3. The summed E-state index contributed by atoms with van der Waals surface area (Å²) in [6.07, 6.45) is 6.64. The van der Waals surface area contributed by atoms with E-state index in [1.54, 1.807) is 12.2 Å². The highest BCUT2D eigenvalue weighted by atomic mass is 32.2. The second kappa shape index (κ2) is 4.04. The number of hydrogen-bond acceptors (Lipinski definition) is 3. The SMILES string of the molecule is NCCC1C=CC(S(N)(=O)=O)=CC1. The van der Waals surface area contributed by atoms with Gasteiger partial charge in [-0.2, -0.15) is 0 Å². The van der Waals surface area contributed by atoms with Gasteiger partial charge < -0.3 is 5.73 Å². The number of sulfonamides is 1. The summed E-state index contributed by atoms with van der Waals surface area (Å²) in [4.78, 5) is 0.209. The summed E-state index contributed by atoms with van der Waals surface area (Å²) in [6, 6.07) is 0. The second-order valence-corrected chi connectivity index (χ2v) is 4.65. The number of allylic oxidation sites excluding steroid dienone is 3. The van der Waals surface area contributed by atoms with Crippen LogP contribution in [0.3, 0.4) is 0 Å². The van der Waals surface area contributed by atoms with Gasteiger partial charge >= 0.3 is 0 Å². The normalized spacial score (nSPS) is 22.9. The molecule has 0 radical (unpaired) electrons. The third-order valence-electron chi connectivity index (χ3n) is 2.02. The van der Waals surface area contributed by atoms with Crippen LogP contribution in [0.25, 0.3) is 0 Å². The Labute approximate surface area is 78.3 Å². The first-order valence-corrected chi connectivity index (χ1v) is 5.70. The lowest BCUT2D eigenvalue weighted by Crippen LogP contribution is -2.16. The van der Waals surface area contributed by atoms with Gasteiger partial charge in [0.15, 0.2) is 0 Å². The standard InChI is InChI=1S/C8H14N2O2S/c9-6-5-7-1-3-8(4-2-7)13(10,11)12/h1,3-4,7H,2,5-6,9H2,(H2,10,11,12). The summed E-state index contributed by atoms with van der Waals surface area (Å²) in [6.45, 7) is 0.619. The molecule has 0 spiro atoms. The molecular formula is C8H14N2O2S. The van der Waals surface area contributed by atoms with E-state index in [1.165, 1.54) is 0 Å². The molecule has 0 saturated carbocycles. The first-order chi connectivity index (χ1) is 6.04. The molecule has 0 aromatic carbocycles. The summed E-state index contributed by atoms with van der Waals surface area (Å²) in [7, 11) is -3.52. The van der Waals surface area contributed by atoms with Gasteiger partial charge in [0.25, 0.3) is 0 Å². The lowest BCUT2D eigenvalue weighted by molar-refractivity contribution is 0.593. The summed E-state index contributed by atoms with van der Waals surface area (Å²) >= 11 is 0. The minimum Gasteiger partial charge on any atom is -0.330 e. The summed E-state index contributed by atoms with van der Waals surface area (Å²) in [5.74, 6) is 0.357. The molecule has 0 aromatic rings. The van der Waals surface area contributed by atoms with E-state index in [0.717, 1.165) is 6.42 Å². The molecule has 0 bridgehead atoms. The maximum atomic E-state index is 10.9. The Morgan fingerprint density at radius 3 is 2.62 bits per heavy atom. The highest BCUT2D eigenvalue weighted by molar-refractivity contribution is 7.93. The molecular weight excluding hydrogens is 188 g/mol. The molecule has 1 unspecified atom stereocenters. The first kappa shape index (κ1) is 10.4. The molecule has 13 heavy (non-hydrogen) atoms. The van der Waals surface area contributed by atoms with Crippen LogP contribution in [0.15, 0.2) is 23.1 Å². The summed E-state index contributed by atoms with van der Waals surface area (Å²) in [5.41, 5.74) is 5.38. The smallest absolute Gasteiger partial charge is 0.237 e. The van der Waals surface area contributed by atoms with Crippen LogP contribution in [0.1, 0.15) is 12.8 Å². The van der Waals surface area contributed by atoms with Gasteiger partial charge in [-0.1, -0.05) is 12.2 Å². The minimum absolute atomic E-state index is 0.209. The van der Waals surface area contributed by atoms with E-state index < -0.39 is 10.0 Å². The Hall–Kier alpha value is -0.650. The number of hydrogen-bond donors (Lipinski definition) is 2. The van der Waals surface area contributed by atoms with E-state index in [4.69, 9.17) is 10.9 Å². The molecule has 0 aromatic heterocycles. The van der Waals surface area contributed by atoms with Crippen molar-refractivity contribution in [1.29, 1.82) is 0 Å². The Bertz CT molecular complexity index is 330. The largest absolute Gasteiger partial charge is 0.330 e. The van der Waals surface area contributed by atoms with Crippen LogP contribution in [0.2, 0.25) is 0 Å². The molecule has 0 saturated heterocycles. The lowest BCUT2D eigenvalue weighted by Gasteiger charge is -2.13. The van der Waals surface area contributed by atoms with Crippen LogP contribution < -0.4 is 10.9 Å². The topological polar surface area (TPSA) is 86.2 Å². The van der Waals surface area contributed by atoms with Crippen molar-refractivity contribution < 1.29 is 8.42 Å². The highest BCUT2D eigenvalue weighted by Crippen LogP contribution is 2.20. The fourth-order valence-electron chi connectivity index (χ4n) is 1.28. The van der Waals surface area contributed by atoms with Gasteiger partial charge in [0, 0.05) is 0 Å². The van der Waals surface area contributed by atoms with Crippen molar-refractivity contribution in [1.82, 2.24) is 0 Å². The fraction of sp³-hybridized carbons (Fsp3) is 0.500. The van der Waals surface area contributed by atoms with Crippen LogP contribution in [-0.2, 0) is 10.0 Å². The lowest BCUT2D eigenvalue weighted by atomic mass is 9.97. The van der Waals surface area contributed by atoms with Crippen LogP contribution in [0.4, 0.5) is 0 Å². The molecule has 1 aliphatic carbocycles. The first-order valence-electron chi connectivity index (χ1n) is 4.15. The van der Waals surface area contributed by atoms with Crippen LogP contribution >= 0.6 is 0 Å². The maximum Gasteiger partial charge on any atom is 0.237 e. The molecule has 1 rings (SSSR count). The van der Waals surface area contributed by atoms with Gasteiger partial charge in [-0.3, -0.25) is 0 Å². The molecule has 5 heteroatoms. The number of nitrogens with two attached hydrogens (primary N) is 2. The molecule has 1 atom stereocenters. The summed E-state index contributed by atoms with van der Waals surface area (Å²) in [5, 5.41) is 4.96. The minimum atomic E-state index is -3.52. The maximum absolute atomic E-state index is 10.9. The van der Waals surface area contributed by atoms with Crippen molar-refractivity contribution in [2.24, 2.45) is 16.8 Å². The number of primary sulfonamides is 1. The van der Waals surface area contributed by atoms with Crippen molar-refractivity contribution in [2.45, 2.75) is 12.8 Å². The molecule has 4 N–H and O–H groups in total. The van der Waals surface area contributed by atoms with Crippen LogP contribution in [-0.4, -0.2) is 15.0 Å². The van der Waals surface area contributed by atoms with E-state index in [9.17, 15) is 8.42 Å². The van der Waals surface area contributed by atoms with E-state index in [0.29, 0.717) is 18.9 Å². The zero-order valence-electron chi connectivity index (χ0n) is 7.31. The van der Waals surface area contributed by atoms with E-state index in [1.807, 2.05) is 6.08 Å². The third kappa shape index (κ3) is 2.95. The van der Waals surface area contributed by atoms with E-state index in [-0.39, 0.29) is 4.91 Å². The zero-order valence-corrected chi connectivity index (χ0v) is 8.13. The molecule has 0 amide bonds. The molecule has 74 valence electrons. The third-order valence-corrected chi connectivity index (χ3v) is 2.98. The average Bonchev–Trinajstić information content (AvgIpc) is 2.04. The predicted molar refractivity (Wildman–Crippen MR) is 52.1 cm³/mol. The van der Waals surface area contributed by atoms with Gasteiger partial charge in [0.1, 0.15) is 0 Å². The predicted octanol–water partition coefficient (Wildman–Crippen LogP) is 0.0837. The van der Waals surface area contributed by atoms with Crippen molar-refractivity contribution in [3.05, 3.63) is 23.1 Å². The monoisotopic (exact) mass is 202 g/mol. The van der Waals surface area contributed by atoms with Gasteiger partial charge in [0.05, 0.1) is 4.91 Å². The van der Waals surface area contributed by atoms with Crippen LogP contribution in [0.5, 0.6) is 0 Å². The molecule has 1 aliphatic rings. The van der Waals surface area contributed by atoms with E-state index >= 15 is 0 Å². The Kier molecular flexibility index (Phi) is 3.24. The van der Waals surface area contributed by atoms with Crippen LogP contribution in [0, 0.1) is 5.92 Å². The van der Waals surface area contributed by atoms with Gasteiger partial charge in [-0.15, -0.1) is 0 Å². The van der Waals surface area contributed by atoms with Crippen molar-refractivity contribution in [3.63, 3.8) is 0 Å². The molecule has 4 nitrogen and oxygen atoms in total. The highest BCUT2D eigenvalue weighted by Gasteiger charge is 2.14. The van der Waals surface area contributed by atoms with E-state index in [2.05, 4.69) is 0 Å². The van der Waals surface area contributed by atoms with Crippen molar-refractivity contribution in [2.75, 3.05) is 6.54 Å². The average molecular weight is 202 g/mol. The fourth-order valence-corrected chi connectivity index (χ4v) is 1.88. The van der Waals surface area contributed by atoms with Crippen molar-refractivity contribution in [3.8, 4) is 0 Å². The zero-order chi connectivity index (χ0) is 9.90. The van der Waals surface area contributed by atoms with Gasteiger partial charge in [-0.05, 0) is 31.4 Å². The Morgan fingerprint density at radius 2 is 2.23 bits per heavy atom. The molecule has 0 fully saturated rings. The quantitative estimate of drug-likeness (QED) is 0.679. The van der Waals surface area contributed by atoms with Crippen molar-refractivity contribution >= 4 is 10.0 Å².